The van der Waals surface area contributed by atoms with Crippen LogP contribution < -0.4 is 5.32 Å². The summed E-state index contributed by atoms with van der Waals surface area (Å²) < 4.78 is 0. The van der Waals surface area contributed by atoms with Gasteiger partial charge in [0.25, 0.3) is 0 Å². The Labute approximate surface area is 123 Å². The summed E-state index contributed by atoms with van der Waals surface area (Å²) in [5.74, 6) is 0.768. The Hall–Kier alpha value is 0.170. The summed E-state index contributed by atoms with van der Waals surface area (Å²) in [5, 5.41) is 4.39. The van der Waals surface area contributed by atoms with Gasteiger partial charge in [-0.2, -0.15) is 0 Å². The van der Waals surface area contributed by atoms with E-state index in [1.165, 1.54) is 34.7 Å². The highest BCUT2D eigenvalue weighted by atomic mass is 35.5. The molecule has 100 valence electrons. The molecule has 1 saturated heterocycles. The summed E-state index contributed by atoms with van der Waals surface area (Å²) in [4.78, 5) is 2.53. The van der Waals surface area contributed by atoms with Crippen LogP contribution in [0.25, 0.3) is 0 Å². The zero-order chi connectivity index (χ0) is 13.0. The quantitative estimate of drug-likeness (QED) is 0.832. The highest BCUT2D eigenvalue weighted by Crippen LogP contribution is 2.36. The standard InChI is InChI=1S/C14H20ClNS2/c1-17-13-8-11(7-12(15)14(13)18-2)6-10-4-3-5-16-9-10/h7-8,10,16H,3-6,9H2,1-2H3. The molecule has 1 unspecified atom stereocenters. The van der Waals surface area contributed by atoms with Crippen molar-refractivity contribution in [3.63, 3.8) is 0 Å². The van der Waals surface area contributed by atoms with E-state index in [4.69, 9.17) is 11.6 Å². The first-order valence-electron chi connectivity index (χ1n) is 6.35. The molecule has 1 aliphatic heterocycles. The first kappa shape index (κ1) is 14.6. The maximum atomic E-state index is 6.38. The molecular formula is C14H20ClNS2. The smallest absolute Gasteiger partial charge is 0.0555 e. The lowest BCUT2D eigenvalue weighted by atomic mass is 9.92. The summed E-state index contributed by atoms with van der Waals surface area (Å²) in [6, 6.07) is 4.47. The summed E-state index contributed by atoms with van der Waals surface area (Å²) in [5.41, 5.74) is 1.39. The maximum Gasteiger partial charge on any atom is 0.0555 e. The number of hydrogen-bond donors (Lipinski definition) is 1. The van der Waals surface area contributed by atoms with E-state index in [-0.39, 0.29) is 0 Å². The summed E-state index contributed by atoms with van der Waals surface area (Å²) in [6.45, 7) is 2.33. The molecule has 0 spiro atoms. The molecule has 18 heavy (non-hydrogen) atoms. The third kappa shape index (κ3) is 3.60. The van der Waals surface area contributed by atoms with Crippen LogP contribution in [0, 0.1) is 5.92 Å². The Bertz CT molecular complexity index is 403. The normalized spacial score (nSPS) is 20.1. The minimum atomic E-state index is 0.768. The van der Waals surface area contributed by atoms with Gasteiger partial charge in [0.1, 0.15) is 0 Å². The number of rotatable bonds is 4. The second kappa shape index (κ2) is 7.09. The third-order valence-electron chi connectivity index (χ3n) is 3.42. The predicted octanol–water partition coefficient (Wildman–Crippen LogP) is 4.33. The molecule has 0 bridgehead atoms. The highest BCUT2D eigenvalue weighted by Gasteiger charge is 2.15. The van der Waals surface area contributed by atoms with Gasteiger partial charge in [0, 0.05) is 9.79 Å². The number of nitrogens with one attached hydrogen (secondary N) is 1. The topological polar surface area (TPSA) is 12.0 Å². The molecule has 0 amide bonds. The van der Waals surface area contributed by atoms with E-state index in [2.05, 4.69) is 30.0 Å². The molecule has 0 aromatic heterocycles. The van der Waals surface area contributed by atoms with E-state index in [0.717, 1.165) is 23.9 Å². The van der Waals surface area contributed by atoms with Crippen LogP contribution in [0.4, 0.5) is 0 Å². The van der Waals surface area contributed by atoms with Crippen LogP contribution in [0.15, 0.2) is 21.9 Å². The van der Waals surface area contributed by atoms with Crippen molar-refractivity contribution in [2.24, 2.45) is 5.92 Å². The average Bonchev–Trinajstić information content (AvgIpc) is 2.39. The summed E-state index contributed by atoms with van der Waals surface area (Å²) in [7, 11) is 0. The summed E-state index contributed by atoms with van der Waals surface area (Å²) in [6.07, 6.45) is 8.00. The van der Waals surface area contributed by atoms with E-state index in [1.54, 1.807) is 23.5 Å². The predicted molar refractivity (Wildman–Crippen MR) is 84.3 cm³/mol. The van der Waals surface area contributed by atoms with Gasteiger partial charge in [0.15, 0.2) is 0 Å². The van der Waals surface area contributed by atoms with Gasteiger partial charge in [-0.05, 0) is 68.5 Å². The van der Waals surface area contributed by atoms with Crippen LogP contribution >= 0.6 is 35.1 Å². The summed E-state index contributed by atoms with van der Waals surface area (Å²) >= 11 is 9.91. The van der Waals surface area contributed by atoms with Crippen molar-refractivity contribution in [2.45, 2.75) is 29.1 Å². The number of piperidine rings is 1. The van der Waals surface area contributed by atoms with E-state index >= 15 is 0 Å². The third-order valence-corrected chi connectivity index (χ3v) is 5.57. The molecule has 1 nitrogen and oxygen atoms in total. The molecular weight excluding hydrogens is 282 g/mol. The van der Waals surface area contributed by atoms with Crippen LogP contribution in [-0.4, -0.2) is 25.6 Å². The Morgan fingerprint density at radius 1 is 1.33 bits per heavy atom. The molecule has 1 N–H and O–H groups in total. The monoisotopic (exact) mass is 301 g/mol. The molecule has 2 rings (SSSR count). The Morgan fingerprint density at radius 3 is 2.78 bits per heavy atom. The van der Waals surface area contributed by atoms with Gasteiger partial charge < -0.3 is 5.32 Å². The minimum Gasteiger partial charge on any atom is -0.316 e. The molecule has 0 aliphatic carbocycles. The van der Waals surface area contributed by atoms with Crippen molar-refractivity contribution < 1.29 is 0 Å². The fraction of sp³-hybridized carbons (Fsp3) is 0.571. The highest BCUT2D eigenvalue weighted by molar-refractivity contribution is 8.01. The van der Waals surface area contributed by atoms with Crippen LogP contribution in [0.2, 0.25) is 5.02 Å². The van der Waals surface area contributed by atoms with Crippen LogP contribution in [0.3, 0.4) is 0 Å². The van der Waals surface area contributed by atoms with Gasteiger partial charge >= 0.3 is 0 Å². The molecule has 1 aromatic rings. The first-order chi connectivity index (χ1) is 8.74. The van der Waals surface area contributed by atoms with E-state index < -0.39 is 0 Å². The van der Waals surface area contributed by atoms with Gasteiger partial charge in [-0.15, -0.1) is 23.5 Å². The Balaban J connectivity index is 2.15. The zero-order valence-corrected chi connectivity index (χ0v) is 13.4. The van der Waals surface area contributed by atoms with Crippen LogP contribution in [0.1, 0.15) is 18.4 Å². The maximum absolute atomic E-state index is 6.38. The Morgan fingerprint density at radius 2 is 2.17 bits per heavy atom. The van der Waals surface area contributed by atoms with Gasteiger partial charge in [-0.25, -0.2) is 0 Å². The minimum absolute atomic E-state index is 0.768. The van der Waals surface area contributed by atoms with Crippen molar-refractivity contribution in [2.75, 3.05) is 25.6 Å². The van der Waals surface area contributed by atoms with E-state index in [9.17, 15) is 0 Å². The largest absolute Gasteiger partial charge is 0.316 e. The van der Waals surface area contributed by atoms with Crippen LogP contribution in [-0.2, 0) is 6.42 Å². The van der Waals surface area contributed by atoms with E-state index in [1.807, 2.05) is 0 Å². The number of halogens is 1. The average molecular weight is 302 g/mol. The Kier molecular flexibility index (Phi) is 5.74. The second-order valence-corrected chi connectivity index (χ2v) is 6.80. The second-order valence-electron chi connectivity index (χ2n) is 4.73. The van der Waals surface area contributed by atoms with E-state index in [0.29, 0.717) is 0 Å². The SMILES string of the molecule is CSc1cc(CC2CCCNC2)cc(Cl)c1SC. The van der Waals surface area contributed by atoms with Gasteiger partial charge in [-0.1, -0.05) is 11.6 Å². The van der Waals surface area contributed by atoms with Gasteiger partial charge in [-0.3, -0.25) is 0 Å². The lowest BCUT2D eigenvalue weighted by molar-refractivity contribution is 0.376. The first-order valence-corrected chi connectivity index (χ1v) is 9.18. The van der Waals surface area contributed by atoms with Crippen LogP contribution in [0.5, 0.6) is 0 Å². The van der Waals surface area contributed by atoms with Crippen molar-refractivity contribution in [1.29, 1.82) is 0 Å². The molecule has 1 fully saturated rings. The van der Waals surface area contributed by atoms with Gasteiger partial charge in [0.2, 0.25) is 0 Å². The molecule has 0 radical (unpaired) electrons. The number of benzene rings is 1. The fourth-order valence-electron chi connectivity index (χ4n) is 2.52. The number of hydrogen-bond acceptors (Lipinski definition) is 3. The zero-order valence-electron chi connectivity index (χ0n) is 11.0. The molecule has 4 heteroatoms. The molecule has 1 aliphatic rings. The van der Waals surface area contributed by atoms with Crippen molar-refractivity contribution in [3.05, 3.63) is 22.7 Å². The molecule has 0 saturated carbocycles. The molecule has 1 atom stereocenters. The van der Waals surface area contributed by atoms with Gasteiger partial charge in [0.05, 0.1) is 5.02 Å². The fourth-order valence-corrected chi connectivity index (χ4v) is 4.63. The molecule has 1 heterocycles. The number of thioether (sulfide) groups is 2. The molecule has 1 aromatic carbocycles. The van der Waals surface area contributed by atoms with Crippen molar-refractivity contribution >= 4 is 35.1 Å². The lowest BCUT2D eigenvalue weighted by Gasteiger charge is -2.23. The van der Waals surface area contributed by atoms with Crippen molar-refractivity contribution in [3.8, 4) is 0 Å². The lowest BCUT2D eigenvalue weighted by Crippen LogP contribution is -2.30. The van der Waals surface area contributed by atoms with Crippen molar-refractivity contribution in [1.82, 2.24) is 5.32 Å².